The van der Waals surface area contributed by atoms with E-state index in [2.05, 4.69) is 19.1 Å². The number of rotatable bonds is 11. The predicted octanol–water partition coefficient (Wildman–Crippen LogP) is 0.767. The van der Waals surface area contributed by atoms with Crippen molar-refractivity contribution >= 4 is 0 Å². The minimum absolute atomic E-state index is 0.0573. The molecule has 0 saturated carbocycles. The molecule has 0 heterocycles. The summed E-state index contributed by atoms with van der Waals surface area (Å²) in [5.41, 5.74) is 1.66. The molecule has 2 rings (SSSR count). The molecule has 0 radical (unpaired) electrons. The van der Waals surface area contributed by atoms with Crippen molar-refractivity contribution in [2.75, 3.05) is 13.7 Å². The van der Waals surface area contributed by atoms with E-state index < -0.39 is 21.2 Å². The van der Waals surface area contributed by atoms with Crippen molar-refractivity contribution in [2.24, 2.45) is 0 Å². The Hall–Kier alpha value is -1.31. The van der Waals surface area contributed by atoms with Crippen LogP contribution in [0.25, 0.3) is 0 Å². The van der Waals surface area contributed by atoms with E-state index in [9.17, 15) is 10.2 Å². The Morgan fingerprint density at radius 3 is 2.08 bits per heavy atom. The molecule has 26 heavy (non-hydrogen) atoms. The first-order chi connectivity index (χ1) is 12.7. The number of hydrogen-bond donors (Lipinski definition) is 2. The van der Waals surface area contributed by atoms with Crippen molar-refractivity contribution < 1.29 is 40.9 Å². The van der Waals surface area contributed by atoms with Gasteiger partial charge in [-0.15, -0.1) is 0 Å². The molecule has 0 aliphatic heterocycles. The van der Waals surface area contributed by atoms with Gasteiger partial charge in [0, 0.05) is 0 Å². The summed E-state index contributed by atoms with van der Waals surface area (Å²) in [6.45, 7) is 2.85. The number of hydrogen-bond acceptors (Lipinski definition) is 4. The van der Waals surface area contributed by atoms with Gasteiger partial charge in [-0.25, -0.2) is 0 Å². The molecule has 0 saturated heterocycles. The Labute approximate surface area is 166 Å². The van der Waals surface area contributed by atoms with Crippen LogP contribution in [0.4, 0.5) is 0 Å². The quantitative estimate of drug-likeness (QED) is 0.376. The average molecular weight is 471 g/mol. The Morgan fingerprint density at radius 2 is 1.54 bits per heavy atom. The molecular formula is C21H28IO4-. The summed E-state index contributed by atoms with van der Waals surface area (Å²) in [6, 6.07) is 11.9. The molecule has 4 nitrogen and oxygen atoms in total. The van der Waals surface area contributed by atoms with Gasteiger partial charge in [-0.1, -0.05) is 0 Å². The van der Waals surface area contributed by atoms with Gasteiger partial charge in [0.25, 0.3) is 0 Å². The van der Waals surface area contributed by atoms with Gasteiger partial charge in [0.2, 0.25) is 0 Å². The Kier molecular flexibility index (Phi) is 9.22. The van der Waals surface area contributed by atoms with E-state index in [1.165, 1.54) is 22.8 Å². The molecule has 0 spiro atoms. The zero-order valence-corrected chi connectivity index (χ0v) is 17.7. The van der Waals surface area contributed by atoms with Crippen molar-refractivity contribution in [3.63, 3.8) is 0 Å². The van der Waals surface area contributed by atoms with Crippen LogP contribution in [0.1, 0.15) is 43.7 Å². The first-order valence-corrected chi connectivity index (χ1v) is 11.2. The van der Waals surface area contributed by atoms with E-state index in [4.69, 9.17) is 9.47 Å². The van der Waals surface area contributed by atoms with Gasteiger partial charge in [0.05, 0.1) is 0 Å². The van der Waals surface area contributed by atoms with Crippen LogP contribution in [-0.4, -0.2) is 23.9 Å². The van der Waals surface area contributed by atoms with Gasteiger partial charge in [-0.2, -0.15) is 0 Å². The Balaban J connectivity index is 2.04. The second kappa shape index (κ2) is 11.4. The fraction of sp³-hybridized carbons (Fsp3) is 0.429. The second-order valence-corrected chi connectivity index (χ2v) is 8.90. The summed E-state index contributed by atoms with van der Waals surface area (Å²) < 4.78 is 13.3. The fourth-order valence-electron chi connectivity index (χ4n) is 2.61. The maximum atomic E-state index is 9.70. The molecule has 0 unspecified atom stereocenters. The van der Waals surface area contributed by atoms with Gasteiger partial charge in [-0.3, -0.25) is 0 Å². The van der Waals surface area contributed by atoms with E-state index >= 15 is 0 Å². The number of ether oxygens (including phenoxy) is 2. The van der Waals surface area contributed by atoms with Gasteiger partial charge < -0.3 is 0 Å². The van der Waals surface area contributed by atoms with E-state index in [1.807, 2.05) is 24.3 Å². The van der Waals surface area contributed by atoms with Gasteiger partial charge in [-0.05, 0) is 0 Å². The normalized spacial score (nSPS) is 10.9. The van der Waals surface area contributed by atoms with Crippen LogP contribution in [0, 0.1) is 7.14 Å². The third-order valence-electron chi connectivity index (χ3n) is 4.06. The molecule has 0 aliphatic carbocycles. The zero-order valence-electron chi connectivity index (χ0n) is 15.5. The summed E-state index contributed by atoms with van der Waals surface area (Å²) in [7, 11) is 1.59. The van der Waals surface area contributed by atoms with Crippen LogP contribution in [0.15, 0.2) is 36.4 Å². The molecule has 0 atom stereocenters. The summed E-state index contributed by atoms with van der Waals surface area (Å²) >= 11 is -0.511. The number of aliphatic hydroxyl groups excluding tert-OH is 2. The average Bonchev–Trinajstić information content (AvgIpc) is 2.69. The third kappa shape index (κ3) is 6.14. The number of unbranched alkanes of at least 4 members (excludes halogenated alkanes) is 3. The number of methoxy groups -OCH3 is 1. The summed E-state index contributed by atoms with van der Waals surface area (Å²) in [5, 5.41) is 19.4. The van der Waals surface area contributed by atoms with E-state index in [-0.39, 0.29) is 13.2 Å². The fourth-order valence-corrected chi connectivity index (χ4v) is 5.30. The predicted molar refractivity (Wildman–Crippen MR) is 98.3 cm³/mol. The molecule has 2 aromatic rings. The van der Waals surface area contributed by atoms with Gasteiger partial charge in [0.15, 0.2) is 0 Å². The second-order valence-electron chi connectivity index (χ2n) is 6.03. The van der Waals surface area contributed by atoms with Crippen LogP contribution < -0.4 is 30.7 Å². The number of halogens is 1. The monoisotopic (exact) mass is 471 g/mol. The first kappa shape index (κ1) is 21.0. The van der Waals surface area contributed by atoms with Gasteiger partial charge in [0.1, 0.15) is 0 Å². The molecule has 0 aromatic heterocycles. The molecular weight excluding hydrogens is 443 g/mol. The molecule has 5 heteroatoms. The molecule has 144 valence electrons. The van der Waals surface area contributed by atoms with Crippen molar-refractivity contribution in [3.05, 3.63) is 54.7 Å². The Morgan fingerprint density at radius 1 is 0.885 bits per heavy atom. The van der Waals surface area contributed by atoms with Crippen molar-refractivity contribution in [3.8, 4) is 11.5 Å². The van der Waals surface area contributed by atoms with Crippen molar-refractivity contribution in [1.29, 1.82) is 0 Å². The van der Waals surface area contributed by atoms with Crippen LogP contribution in [0.3, 0.4) is 0 Å². The molecule has 2 N–H and O–H groups in total. The Bertz CT molecular complexity index is 645. The summed E-state index contributed by atoms with van der Waals surface area (Å²) in [6.07, 6.45) is 4.80. The van der Waals surface area contributed by atoms with Gasteiger partial charge >= 0.3 is 167 Å². The van der Waals surface area contributed by atoms with E-state index in [0.29, 0.717) is 5.75 Å². The summed E-state index contributed by atoms with van der Waals surface area (Å²) in [5.74, 6) is 1.56. The first-order valence-electron chi connectivity index (χ1n) is 9.01. The summed E-state index contributed by atoms with van der Waals surface area (Å²) in [4.78, 5) is 0. The van der Waals surface area contributed by atoms with E-state index in [1.54, 1.807) is 7.11 Å². The molecule has 2 aromatic carbocycles. The standard InChI is InChI=1S/C21H28IO4/c1-3-4-5-6-11-26-19-9-7-18(8-10-19)22-21-16(14-23)12-20(25-2)13-17(21)15-24/h7-10,12-13,23-24H,3-6,11,14-15H2,1-2H3/q-1. The molecule has 0 fully saturated rings. The van der Waals surface area contributed by atoms with Crippen molar-refractivity contribution in [2.45, 2.75) is 45.8 Å². The number of aliphatic hydroxyl groups is 2. The minimum atomic E-state index is -0.511. The molecule has 0 aliphatic rings. The van der Waals surface area contributed by atoms with Crippen LogP contribution in [0.5, 0.6) is 11.5 Å². The topological polar surface area (TPSA) is 58.9 Å². The number of benzene rings is 2. The van der Waals surface area contributed by atoms with Crippen molar-refractivity contribution in [1.82, 2.24) is 0 Å². The molecule has 0 bridgehead atoms. The molecule has 0 amide bonds. The van der Waals surface area contributed by atoms with Crippen LogP contribution in [0.2, 0.25) is 0 Å². The third-order valence-corrected chi connectivity index (χ3v) is 7.32. The SMILES string of the molecule is CCCCCCOc1ccc([I-]c2c(CO)cc(OC)cc2CO)cc1. The zero-order chi connectivity index (χ0) is 18.8. The van der Waals surface area contributed by atoms with E-state index in [0.717, 1.165) is 33.5 Å². The maximum absolute atomic E-state index is 9.70. The van der Waals surface area contributed by atoms with Crippen LogP contribution >= 0.6 is 0 Å². The van der Waals surface area contributed by atoms with Crippen LogP contribution in [-0.2, 0) is 13.2 Å².